The highest BCUT2D eigenvalue weighted by molar-refractivity contribution is 8.16. The van der Waals surface area contributed by atoms with Crippen molar-refractivity contribution in [3.05, 3.63) is 24.2 Å². The first kappa shape index (κ1) is 19.2. The number of thioether (sulfide) groups is 1. The Morgan fingerprint density at radius 3 is 2.79 bits per heavy atom. The number of hydrogen-bond donors (Lipinski definition) is 1. The van der Waals surface area contributed by atoms with Crippen LogP contribution in [-0.4, -0.2) is 45.8 Å². The van der Waals surface area contributed by atoms with Gasteiger partial charge in [0.05, 0.1) is 11.8 Å². The number of amidine groups is 1. The maximum atomic E-state index is 12.7. The van der Waals surface area contributed by atoms with Gasteiger partial charge in [-0.25, -0.2) is 0 Å². The maximum absolute atomic E-state index is 12.7. The van der Waals surface area contributed by atoms with Gasteiger partial charge in [0.1, 0.15) is 11.0 Å². The summed E-state index contributed by atoms with van der Waals surface area (Å²) in [5.74, 6) is 2.13. The Bertz CT molecular complexity index is 815. The van der Waals surface area contributed by atoms with E-state index in [9.17, 15) is 9.59 Å². The van der Waals surface area contributed by atoms with Gasteiger partial charge in [-0.05, 0) is 69.3 Å². The number of furan rings is 1. The standard InChI is InChI=1S/C22H29N3O3S/c1-22(12-14-4-7-25(8-5-14)19(26)17-6-9-28-13-17)20(27)24-21(29-22)23-18-11-15-2-3-16(18)10-15/h6,9,13-16,18H,2-5,7-8,10-12H2,1H3,(H,23,24,27)/t15-,16?,18+,22?/m1/s1. The molecule has 1 aromatic heterocycles. The number of likely N-dealkylation sites (tertiary alicyclic amines) is 1. The monoisotopic (exact) mass is 415 g/mol. The average molecular weight is 416 g/mol. The predicted octanol–water partition coefficient (Wildman–Crippen LogP) is 3.69. The molecule has 1 N–H and O–H groups in total. The lowest BCUT2D eigenvalue weighted by atomic mass is 9.87. The number of amides is 2. The fraction of sp³-hybridized carbons (Fsp3) is 0.682. The van der Waals surface area contributed by atoms with Crippen molar-refractivity contribution in [1.29, 1.82) is 0 Å². The summed E-state index contributed by atoms with van der Waals surface area (Å²) in [5.41, 5.74) is 0.613. The molecule has 4 atom stereocenters. The second kappa shape index (κ2) is 7.49. The Labute approximate surface area is 175 Å². The molecule has 1 aromatic rings. The van der Waals surface area contributed by atoms with E-state index in [0.717, 1.165) is 49.4 Å². The van der Waals surface area contributed by atoms with Crippen molar-refractivity contribution >= 4 is 28.7 Å². The molecule has 4 aliphatic rings. The average Bonchev–Trinajstić information content (AvgIpc) is 3.48. The fourth-order valence-electron chi connectivity index (χ4n) is 5.72. The van der Waals surface area contributed by atoms with Gasteiger partial charge in [0, 0.05) is 19.1 Å². The molecule has 2 bridgehead atoms. The Hall–Kier alpha value is -1.76. The maximum Gasteiger partial charge on any atom is 0.264 e. The smallest absolute Gasteiger partial charge is 0.264 e. The van der Waals surface area contributed by atoms with E-state index in [-0.39, 0.29) is 11.8 Å². The van der Waals surface area contributed by atoms with Crippen LogP contribution >= 0.6 is 11.8 Å². The summed E-state index contributed by atoms with van der Waals surface area (Å²) in [6, 6.07) is 2.22. The SMILES string of the molecule is CC1(CC2CCN(C(=O)c3ccoc3)CC2)SC(N[C@H]2C[C@@H]3CCC2C3)=NC1=O. The molecule has 29 heavy (non-hydrogen) atoms. The quantitative estimate of drug-likeness (QED) is 0.812. The number of carbonyl (C=O) groups is 2. The largest absolute Gasteiger partial charge is 0.472 e. The van der Waals surface area contributed by atoms with Crippen LogP contribution in [0.4, 0.5) is 0 Å². The number of fused-ring (bicyclic) bond motifs is 2. The first-order valence-corrected chi connectivity index (χ1v) is 11.7. The second-order valence-electron chi connectivity index (χ2n) is 9.43. The van der Waals surface area contributed by atoms with Crippen molar-refractivity contribution in [3.63, 3.8) is 0 Å². The normalized spacial score (nSPS) is 34.7. The van der Waals surface area contributed by atoms with Crippen molar-refractivity contribution in [2.45, 2.75) is 62.7 Å². The second-order valence-corrected chi connectivity index (χ2v) is 10.9. The molecule has 7 heteroatoms. The molecule has 2 saturated carbocycles. The minimum Gasteiger partial charge on any atom is -0.472 e. The molecule has 2 aliphatic carbocycles. The van der Waals surface area contributed by atoms with E-state index in [4.69, 9.17) is 4.42 Å². The molecule has 2 unspecified atom stereocenters. The summed E-state index contributed by atoms with van der Waals surface area (Å²) < 4.78 is 4.56. The fourth-order valence-corrected chi connectivity index (χ4v) is 6.94. The number of nitrogens with one attached hydrogen (secondary N) is 1. The third-order valence-electron chi connectivity index (χ3n) is 7.37. The van der Waals surface area contributed by atoms with E-state index < -0.39 is 4.75 Å². The Morgan fingerprint density at radius 1 is 1.31 bits per heavy atom. The Morgan fingerprint density at radius 2 is 2.14 bits per heavy atom. The summed E-state index contributed by atoms with van der Waals surface area (Å²) in [6.45, 7) is 3.52. The van der Waals surface area contributed by atoms with Gasteiger partial charge in [-0.2, -0.15) is 4.99 Å². The van der Waals surface area contributed by atoms with Crippen LogP contribution in [0.3, 0.4) is 0 Å². The van der Waals surface area contributed by atoms with Gasteiger partial charge in [0.2, 0.25) is 0 Å². The van der Waals surface area contributed by atoms with E-state index in [1.54, 1.807) is 17.8 Å². The summed E-state index contributed by atoms with van der Waals surface area (Å²) in [7, 11) is 0. The van der Waals surface area contributed by atoms with Crippen molar-refractivity contribution < 1.29 is 14.0 Å². The molecule has 5 rings (SSSR count). The molecule has 0 radical (unpaired) electrons. The highest BCUT2D eigenvalue weighted by Gasteiger charge is 2.46. The lowest BCUT2D eigenvalue weighted by molar-refractivity contribution is -0.119. The van der Waals surface area contributed by atoms with Crippen LogP contribution in [0.15, 0.2) is 28.0 Å². The van der Waals surface area contributed by atoms with Gasteiger partial charge in [0.15, 0.2) is 5.17 Å². The van der Waals surface area contributed by atoms with Crippen LogP contribution in [-0.2, 0) is 4.79 Å². The Balaban J connectivity index is 1.13. The van der Waals surface area contributed by atoms with Gasteiger partial charge in [-0.15, -0.1) is 0 Å². The zero-order valence-electron chi connectivity index (χ0n) is 16.9. The predicted molar refractivity (Wildman–Crippen MR) is 113 cm³/mol. The van der Waals surface area contributed by atoms with E-state index in [0.29, 0.717) is 17.5 Å². The number of carbonyl (C=O) groups excluding carboxylic acids is 2. The van der Waals surface area contributed by atoms with Gasteiger partial charge in [-0.1, -0.05) is 18.2 Å². The number of nitrogens with zero attached hydrogens (tertiary/aromatic N) is 2. The lowest BCUT2D eigenvalue weighted by Gasteiger charge is -2.34. The molecular weight excluding hydrogens is 386 g/mol. The van der Waals surface area contributed by atoms with Crippen LogP contribution < -0.4 is 5.32 Å². The van der Waals surface area contributed by atoms with E-state index >= 15 is 0 Å². The minimum atomic E-state index is -0.471. The van der Waals surface area contributed by atoms with Crippen LogP contribution in [0.1, 0.15) is 62.2 Å². The molecule has 156 valence electrons. The first-order chi connectivity index (χ1) is 14.0. The third-order valence-corrected chi connectivity index (χ3v) is 8.57. The van der Waals surface area contributed by atoms with E-state index in [1.165, 1.54) is 38.2 Å². The molecule has 1 saturated heterocycles. The van der Waals surface area contributed by atoms with Gasteiger partial charge in [0.25, 0.3) is 11.8 Å². The highest BCUT2D eigenvalue weighted by Crippen LogP contribution is 2.46. The number of aliphatic imine (C=N–C) groups is 1. The van der Waals surface area contributed by atoms with Crippen molar-refractivity contribution in [3.8, 4) is 0 Å². The molecule has 6 nitrogen and oxygen atoms in total. The highest BCUT2D eigenvalue weighted by atomic mass is 32.2. The summed E-state index contributed by atoms with van der Waals surface area (Å²) >= 11 is 1.63. The third kappa shape index (κ3) is 3.74. The molecule has 0 aromatic carbocycles. The molecule has 0 spiro atoms. The van der Waals surface area contributed by atoms with Crippen LogP contribution in [0.25, 0.3) is 0 Å². The zero-order chi connectivity index (χ0) is 20.0. The summed E-state index contributed by atoms with van der Waals surface area (Å²) in [5, 5.41) is 4.44. The minimum absolute atomic E-state index is 0.00468. The van der Waals surface area contributed by atoms with Gasteiger partial charge < -0.3 is 14.6 Å². The molecule has 3 fully saturated rings. The molecule has 2 amide bonds. The van der Waals surface area contributed by atoms with E-state index in [2.05, 4.69) is 10.3 Å². The van der Waals surface area contributed by atoms with Crippen molar-refractivity contribution in [2.75, 3.05) is 13.1 Å². The lowest BCUT2D eigenvalue weighted by Crippen LogP contribution is -2.41. The first-order valence-electron chi connectivity index (χ1n) is 10.9. The van der Waals surface area contributed by atoms with Crippen LogP contribution in [0.5, 0.6) is 0 Å². The summed E-state index contributed by atoms with van der Waals surface area (Å²) in [6.07, 6.45) is 11.0. The number of rotatable bonds is 4. The molecular formula is C22H29N3O3S. The molecule has 3 heterocycles. The molecule has 2 aliphatic heterocycles. The van der Waals surface area contributed by atoms with Crippen molar-refractivity contribution in [1.82, 2.24) is 10.2 Å². The summed E-state index contributed by atoms with van der Waals surface area (Å²) in [4.78, 5) is 31.5. The Kier molecular flexibility index (Phi) is 4.96. The number of piperidine rings is 1. The number of hydrogen-bond acceptors (Lipinski definition) is 5. The zero-order valence-corrected chi connectivity index (χ0v) is 17.7. The van der Waals surface area contributed by atoms with Crippen LogP contribution in [0.2, 0.25) is 0 Å². The van der Waals surface area contributed by atoms with Gasteiger partial charge in [-0.3, -0.25) is 9.59 Å². The van der Waals surface area contributed by atoms with E-state index in [1.807, 2.05) is 11.8 Å². The van der Waals surface area contributed by atoms with Crippen LogP contribution in [0, 0.1) is 17.8 Å². The van der Waals surface area contributed by atoms with Crippen molar-refractivity contribution in [2.24, 2.45) is 22.7 Å². The topological polar surface area (TPSA) is 74.9 Å². The van der Waals surface area contributed by atoms with Gasteiger partial charge >= 0.3 is 0 Å².